The van der Waals surface area contributed by atoms with Crippen molar-refractivity contribution in [1.82, 2.24) is 20.3 Å². The number of anilines is 4. The van der Waals surface area contributed by atoms with Crippen molar-refractivity contribution in [1.29, 1.82) is 0 Å². The van der Waals surface area contributed by atoms with Crippen LogP contribution in [0.25, 0.3) is 0 Å². The van der Waals surface area contributed by atoms with Gasteiger partial charge in [0.1, 0.15) is 0 Å². The van der Waals surface area contributed by atoms with Gasteiger partial charge in [-0.25, -0.2) is 0 Å². The molecule has 1 amide bonds. The molecule has 6 N–H and O–H groups in total. The predicted molar refractivity (Wildman–Crippen MR) is 157 cm³/mol. The molecule has 11 heteroatoms. The molecule has 1 heterocycles. The van der Waals surface area contributed by atoms with E-state index in [2.05, 4.69) is 48.4 Å². The van der Waals surface area contributed by atoms with E-state index in [1.165, 1.54) is 12.8 Å². The molecule has 3 aromatic rings. The number of amides is 1. The summed E-state index contributed by atoms with van der Waals surface area (Å²) in [7, 11) is 0. The van der Waals surface area contributed by atoms with E-state index in [-0.39, 0.29) is 12.3 Å². The average molecular weight is 549 g/mol. The van der Waals surface area contributed by atoms with Gasteiger partial charge in [-0.15, -0.1) is 0 Å². The Morgan fingerprint density at radius 3 is 2.27 bits per heavy atom. The van der Waals surface area contributed by atoms with Crippen molar-refractivity contribution < 1.29 is 14.3 Å². The summed E-state index contributed by atoms with van der Waals surface area (Å²) in [5.41, 5.74) is 8.23. The third-order valence-electron chi connectivity index (χ3n) is 6.39. The maximum absolute atomic E-state index is 12.3. The van der Waals surface area contributed by atoms with E-state index in [0.29, 0.717) is 69.9 Å². The molecule has 1 aliphatic rings. The molecule has 0 spiro atoms. The topological polar surface area (TPSA) is 148 Å². The highest BCUT2D eigenvalue weighted by molar-refractivity contribution is 5.78. The fourth-order valence-corrected chi connectivity index (χ4v) is 4.36. The Balaban J connectivity index is 1.28. The van der Waals surface area contributed by atoms with Crippen LogP contribution in [0.4, 0.5) is 23.5 Å². The molecule has 40 heavy (non-hydrogen) atoms. The summed E-state index contributed by atoms with van der Waals surface area (Å²) in [4.78, 5) is 26.1. The van der Waals surface area contributed by atoms with Gasteiger partial charge in [-0.05, 0) is 36.1 Å². The minimum atomic E-state index is -0.0575. The number of carbonyl (C=O) groups excluding carboxylic acids is 1. The molecule has 4 rings (SSSR count). The Hall–Kier alpha value is -3.80. The van der Waals surface area contributed by atoms with Gasteiger partial charge >= 0.3 is 0 Å². The van der Waals surface area contributed by atoms with Gasteiger partial charge in [-0.2, -0.15) is 15.0 Å². The first-order valence-corrected chi connectivity index (χ1v) is 14.0. The molecule has 1 saturated carbocycles. The van der Waals surface area contributed by atoms with E-state index in [4.69, 9.17) is 15.2 Å². The van der Waals surface area contributed by atoms with Crippen molar-refractivity contribution in [2.24, 2.45) is 5.73 Å². The predicted octanol–water partition coefficient (Wildman–Crippen LogP) is 3.23. The molecule has 2 aromatic carbocycles. The molecule has 0 unspecified atom stereocenters. The molecule has 0 bridgehead atoms. The Bertz CT molecular complexity index is 1160. The zero-order valence-corrected chi connectivity index (χ0v) is 22.9. The van der Waals surface area contributed by atoms with Gasteiger partial charge in [0.05, 0.1) is 32.8 Å². The quantitative estimate of drug-likeness (QED) is 0.159. The SMILES string of the molecule is NCCOCCOCCNC(=O)Cc1ccc(Nc2nc(NCc3ccccc3)nc(NC3CCCC3)n2)cc1. The van der Waals surface area contributed by atoms with E-state index in [1.54, 1.807) is 0 Å². The average Bonchev–Trinajstić information content (AvgIpc) is 3.48. The second-order valence-corrected chi connectivity index (χ2v) is 9.63. The summed E-state index contributed by atoms with van der Waals surface area (Å²) in [6.07, 6.45) is 4.96. The first kappa shape index (κ1) is 29.2. The highest BCUT2D eigenvalue weighted by Gasteiger charge is 2.17. The molecule has 1 aromatic heterocycles. The molecule has 214 valence electrons. The Kier molecular flexibility index (Phi) is 11.9. The molecular weight excluding hydrogens is 508 g/mol. The number of rotatable bonds is 17. The standard InChI is InChI=1S/C29H40N8O3/c30-14-16-39-18-19-40-17-15-31-26(38)20-22-10-12-25(13-11-22)34-29-36-27(32-21-23-6-2-1-3-7-23)35-28(37-29)33-24-8-4-5-9-24/h1-3,6-7,10-13,24H,4-5,8-9,14-21,30H2,(H,31,38)(H3,32,33,34,35,36,37). The molecular formula is C29H40N8O3. The molecule has 11 nitrogen and oxygen atoms in total. The second kappa shape index (κ2) is 16.3. The fraction of sp³-hybridized carbons (Fsp3) is 0.448. The number of hydrogen-bond donors (Lipinski definition) is 5. The Morgan fingerprint density at radius 2 is 1.52 bits per heavy atom. The molecule has 1 aliphatic carbocycles. The van der Waals surface area contributed by atoms with Crippen LogP contribution in [-0.2, 0) is 27.2 Å². The van der Waals surface area contributed by atoms with Crippen LogP contribution in [0.5, 0.6) is 0 Å². The zero-order valence-electron chi connectivity index (χ0n) is 22.9. The van der Waals surface area contributed by atoms with Crippen LogP contribution in [-0.4, -0.2) is 66.4 Å². The molecule has 1 fully saturated rings. The summed E-state index contributed by atoms with van der Waals surface area (Å²) < 4.78 is 10.7. The number of benzene rings is 2. The fourth-order valence-electron chi connectivity index (χ4n) is 4.36. The van der Waals surface area contributed by atoms with Crippen LogP contribution in [0.3, 0.4) is 0 Å². The summed E-state index contributed by atoms with van der Waals surface area (Å²) >= 11 is 0. The lowest BCUT2D eigenvalue weighted by Gasteiger charge is -2.15. The van der Waals surface area contributed by atoms with Crippen LogP contribution in [0.15, 0.2) is 54.6 Å². The third kappa shape index (κ3) is 10.4. The first-order chi connectivity index (χ1) is 19.7. The maximum Gasteiger partial charge on any atom is 0.233 e. The van der Waals surface area contributed by atoms with Crippen molar-refractivity contribution in [2.75, 3.05) is 55.5 Å². The van der Waals surface area contributed by atoms with E-state index in [9.17, 15) is 4.79 Å². The van der Waals surface area contributed by atoms with E-state index in [0.717, 1.165) is 29.7 Å². The number of nitrogens with one attached hydrogen (secondary N) is 4. The van der Waals surface area contributed by atoms with Crippen LogP contribution in [0.1, 0.15) is 36.8 Å². The van der Waals surface area contributed by atoms with Gasteiger partial charge in [0.15, 0.2) is 0 Å². The normalized spacial score (nSPS) is 13.2. The van der Waals surface area contributed by atoms with Gasteiger partial charge in [0, 0.05) is 31.4 Å². The van der Waals surface area contributed by atoms with Gasteiger partial charge in [-0.3, -0.25) is 4.79 Å². The number of nitrogens with two attached hydrogens (primary N) is 1. The van der Waals surface area contributed by atoms with Gasteiger partial charge < -0.3 is 36.5 Å². The third-order valence-corrected chi connectivity index (χ3v) is 6.39. The zero-order chi connectivity index (χ0) is 27.8. The van der Waals surface area contributed by atoms with Crippen LogP contribution in [0, 0.1) is 0 Å². The number of hydrogen-bond acceptors (Lipinski definition) is 10. The lowest BCUT2D eigenvalue weighted by atomic mass is 10.1. The van der Waals surface area contributed by atoms with E-state index in [1.807, 2.05) is 42.5 Å². The Morgan fingerprint density at radius 1 is 0.825 bits per heavy atom. The lowest BCUT2D eigenvalue weighted by molar-refractivity contribution is -0.120. The van der Waals surface area contributed by atoms with Crippen molar-refractivity contribution >= 4 is 29.4 Å². The summed E-state index contributed by atoms with van der Waals surface area (Å²) in [5, 5.41) is 12.9. The van der Waals surface area contributed by atoms with Crippen LogP contribution < -0.4 is 27.0 Å². The highest BCUT2D eigenvalue weighted by atomic mass is 16.5. The van der Waals surface area contributed by atoms with Crippen LogP contribution >= 0.6 is 0 Å². The number of carbonyl (C=O) groups is 1. The first-order valence-electron chi connectivity index (χ1n) is 14.0. The van der Waals surface area contributed by atoms with E-state index < -0.39 is 0 Å². The van der Waals surface area contributed by atoms with Crippen LogP contribution in [0.2, 0.25) is 0 Å². The molecule has 0 atom stereocenters. The van der Waals surface area contributed by atoms with Crippen molar-refractivity contribution in [3.8, 4) is 0 Å². The van der Waals surface area contributed by atoms with Gasteiger partial charge in [0.2, 0.25) is 23.8 Å². The van der Waals surface area contributed by atoms with Gasteiger partial charge in [0.25, 0.3) is 0 Å². The molecule has 0 aliphatic heterocycles. The second-order valence-electron chi connectivity index (χ2n) is 9.63. The smallest absolute Gasteiger partial charge is 0.233 e. The summed E-state index contributed by atoms with van der Waals surface area (Å²) in [6.45, 7) is 3.50. The molecule has 0 saturated heterocycles. The summed E-state index contributed by atoms with van der Waals surface area (Å²) in [5.74, 6) is 1.45. The number of aromatic nitrogens is 3. The number of ether oxygens (including phenoxy) is 2. The highest BCUT2D eigenvalue weighted by Crippen LogP contribution is 2.23. The lowest BCUT2D eigenvalue weighted by Crippen LogP contribution is -2.29. The van der Waals surface area contributed by atoms with E-state index >= 15 is 0 Å². The van der Waals surface area contributed by atoms with Crippen molar-refractivity contribution in [2.45, 2.75) is 44.7 Å². The maximum atomic E-state index is 12.3. The Labute approximate surface area is 235 Å². The monoisotopic (exact) mass is 548 g/mol. The van der Waals surface area contributed by atoms with Gasteiger partial charge in [-0.1, -0.05) is 55.3 Å². The minimum absolute atomic E-state index is 0.0575. The number of nitrogens with zero attached hydrogens (tertiary/aromatic N) is 3. The molecule has 0 radical (unpaired) electrons. The minimum Gasteiger partial charge on any atom is -0.378 e. The van der Waals surface area contributed by atoms with Crippen molar-refractivity contribution in [3.63, 3.8) is 0 Å². The van der Waals surface area contributed by atoms with Crippen molar-refractivity contribution in [3.05, 3.63) is 65.7 Å². The summed E-state index contributed by atoms with van der Waals surface area (Å²) in [6, 6.07) is 18.2. The largest absolute Gasteiger partial charge is 0.378 e.